The quantitative estimate of drug-likeness (QED) is 0.0359. The summed E-state index contributed by atoms with van der Waals surface area (Å²) in [6.45, 7) is 13.6. The largest absolute Gasteiger partial charge is 0.462 e. The van der Waals surface area contributed by atoms with E-state index in [0.717, 1.165) is 75.5 Å². The third kappa shape index (κ3) is 39.5. The number of esters is 3. The zero-order valence-electron chi connectivity index (χ0n) is 34.9. The zero-order chi connectivity index (χ0) is 37.8. The van der Waals surface area contributed by atoms with Crippen LogP contribution in [0, 0.1) is 17.8 Å². The summed E-state index contributed by atoms with van der Waals surface area (Å²) in [6.07, 6.45) is 32.5. The maximum Gasteiger partial charge on any atom is 0.306 e. The number of unbranched alkanes of at least 4 members (excludes halogenated alkanes) is 21. The van der Waals surface area contributed by atoms with E-state index in [2.05, 4.69) is 41.5 Å². The first kappa shape index (κ1) is 49.4. The van der Waals surface area contributed by atoms with E-state index in [1.807, 2.05) is 0 Å². The van der Waals surface area contributed by atoms with Crippen molar-refractivity contribution < 1.29 is 28.6 Å². The molecule has 0 saturated carbocycles. The van der Waals surface area contributed by atoms with Gasteiger partial charge >= 0.3 is 17.9 Å². The number of hydrogen-bond acceptors (Lipinski definition) is 6. The molecule has 0 radical (unpaired) electrons. The normalized spacial score (nSPS) is 12.2. The first-order valence-electron chi connectivity index (χ1n) is 22.1. The van der Waals surface area contributed by atoms with Crippen molar-refractivity contribution in [3.05, 3.63) is 0 Å². The molecular formula is C45H86O6. The second kappa shape index (κ2) is 36.8. The highest BCUT2D eigenvalue weighted by atomic mass is 16.6. The molecule has 0 rings (SSSR count). The van der Waals surface area contributed by atoms with Gasteiger partial charge in [0.05, 0.1) is 0 Å². The van der Waals surface area contributed by atoms with E-state index in [1.165, 1.54) is 116 Å². The first-order chi connectivity index (χ1) is 24.6. The van der Waals surface area contributed by atoms with Gasteiger partial charge in [-0.25, -0.2) is 0 Å². The van der Waals surface area contributed by atoms with E-state index in [1.54, 1.807) is 0 Å². The molecule has 0 unspecified atom stereocenters. The number of rotatable bonds is 38. The van der Waals surface area contributed by atoms with Crippen LogP contribution in [-0.4, -0.2) is 37.2 Å². The highest BCUT2D eigenvalue weighted by Crippen LogP contribution is 2.16. The molecule has 6 nitrogen and oxygen atoms in total. The topological polar surface area (TPSA) is 78.9 Å². The molecule has 6 heteroatoms. The summed E-state index contributed by atoms with van der Waals surface area (Å²) >= 11 is 0. The van der Waals surface area contributed by atoms with E-state index < -0.39 is 6.10 Å². The molecule has 1 atom stereocenters. The number of ether oxygens (including phenoxy) is 3. The van der Waals surface area contributed by atoms with E-state index in [-0.39, 0.29) is 31.1 Å². The third-order valence-corrected chi connectivity index (χ3v) is 9.90. The maximum atomic E-state index is 12.7. The van der Waals surface area contributed by atoms with Gasteiger partial charge in [-0.05, 0) is 37.0 Å². The molecule has 302 valence electrons. The fourth-order valence-corrected chi connectivity index (χ4v) is 6.52. The van der Waals surface area contributed by atoms with E-state index in [0.29, 0.717) is 19.3 Å². The zero-order valence-corrected chi connectivity index (χ0v) is 34.9. The molecule has 0 aromatic carbocycles. The lowest BCUT2D eigenvalue weighted by atomic mass is 10.0. The Labute approximate surface area is 317 Å². The van der Waals surface area contributed by atoms with Crippen LogP contribution in [0.5, 0.6) is 0 Å². The average molecular weight is 723 g/mol. The summed E-state index contributed by atoms with van der Waals surface area (Å²) in [5.41, 5.74) is 0. The lowest BCUT2D eigenvalue weighted by molar-refractivity contribution is -0.167. The van der Waals surface area contributed by atoms with E-state index >= 15 is 0 Å². The van der Waals surface area contributed by atoms with Crippen molar-refractivity contribution >= 4 is 17.9 Å². The lowest BCUT2D eigenvalue weighted by Crippen LogP contribution is -2.30. The molecule has 0 fully saturated rings. The van der Waals surface area contributed by atoms with Gasteiger partial charge in [0.1, 0.15) is 13.2 Å². The van der Waals surface area contributed by atoms with Gasteiger partial charge < -0.3 is 14.2 Å². The minimum absolute atomic E-state index is 0.0673. The first-order valence-corrected chi connectivity index (χ1v) is 22.1. The highest BCUT2D eigenvalue weighted by Gasteiger charge is 2.19. The van der Waals surface area contributed by atoms with Crippen LogP contribution in [0.15, 0.2) is 0 Å². The Morgan fingerprint density at radius 2 is 0.569 bits per heavy atom. The molecule has 0 saturated heterocycles. The third-order valence-electron chi connectivity index (χ3n) is 9.90. The molecular weight excluding hydrogens is 636 g/mol. The van der Waals surface area contributed by atoms with Crippen LogP contribution < -0.4 is 0 Å². The van der Waals surface area contributed by atoms with Crippen LogP contribution in [0.4, 0.5) is 0 Å². The molecule has 0 heterocycles. The van der Waals surface area contributed by atoms with Gasteiger partial charge in [0.2, 0.25) is 0 Å². The smallest absolute Gasteiger partial charge is 0.306 e. The summed E-state index contributed by atoms with van der Waals surface area (Å²) in [5.74, 6) is 1.51. The van der Waals surface area contributed by atoms with Crippen molar-refractivity contribution in [3.8, 4) is 0 Å². The molecule has 0 bridgehead atoms. The van der Waals surface area contributed by atoms with Crippen LogP contribution in [0.3, 0.4) is 0 Å². The van der Waals surface area contributed by atoms with Crippen LogP contribution in [0.1, 0.15) is 234 Å². The molecule has 0 N–H and O–H groups in total. The van der Waals surface area contributed by atoms with Gasteiger partial charge in [-0.2, -0.15) is 0 Å². The van der Waals surface area contributed by atoms with E-state index in [4.69, 9.17) is 14.2 Å². The number of carbonyl (C=O) groups is 3. The number of hydrogen-bond donors (Lipinski definition) is 0. The molecule has 0 spiro atoms. The van der Waals surface area contributed by atoms with Crippen LogP contribution in [-0.2, 0) is 28.6 Å². The average Bonchev–Trinajstić information content (AvgIpc) is 3.07. The molecule has 0 aromatic heterocycles. The molecule has 0 amide bonds. The van der Waals surface area contributed by atoms with Crippen molar-refractivity contribution in [2.45, 2.75) is 240 Å². The van der Waals surface area contributed by atoms with Crippen molar-refractivity contribution in [1.29, 1.82) is 0 Å². The molecule has 0 aromatic rings. The number of carbonyl (C=O) groups excluding carboxylic acids is 3. The summed E-state index contributed by atoms with van der Waals surface area (Å²) in [4.78, 5) is 37.6. The van der Waals surface area contributed by atoms with Gasteiger partial charge in [0.15, 0.2) is 6.10 Å². The molecule has 0 aliphatic carbocycles. The lowest BCUT2D eigenvalue weighted by Gasteiger charge is -2.18. The summed E-state index contributed by atoms with van der Waals surface area (Å²) in [5, 5.41) is 0. The van der Waals surface area contributed by atoms with Crippen molar-refractivity contribution in [1.82, 2.24) is 0 Å². The Morgan fingerprint density at radius 3 is 0.843 bits per heavy atom. The monoisotopic (exact) mass is 723 g/mol. The standard InChI is InChI=1S/C45H86O6/c1-39(2)31-25-19-13-9-7-11-15-22-28-34-43(46)49-37-42(38-50-44(47)35-29-23-18-17-21-27-33-41(5)6)51-45(48)36-30-24-16-12-8-10-14-20-26-32-40(3)4/h39-42H,7-38H2,1-6H3/t42-/m1/s1. The van der Waals surface area contributed by atoms with Gasteiger partial charge in [0, 0.05) is 19.3 Å². The maximum absolute atomic E-state index is 12.7. The summed E-state index contributed by atoms with van der Waals surface area (Å²) < 4.78 is 16.7. The summed E-state index contributed by atoms with van der Waals surface area (Å²) in [6, 6.07) is 0. The van der Waals surface area contributed by atoms with Crippen molar-refractivity contribution in [3.63, 3.8) is 0 Å². The van der Waals surface area contributed by atoms with Gasteiger partial charge in [0.25, 0.3) is 0 Å². The minimum atomic E-state index is -0.761. The van der Waals surface area contributed by atoms with Crippen LogP contribution in [0.25, 0.3) is 0 Å². The Kier molecular flexibility index (Phi) is 35.6. The molecule has 0 aliphatic heterocycles. The predicted octanol–water partition coefficient (Wildman–Crippen LogP) is 13.7. The Balaban J connectivity index is 4.35. The minimum Gasteiger partial charge on any atom is -0.462 e. The Hall–Kier alpha value is -1.59. The van der Waals surface area contributed by atoms with Crippen molar-refractivity contribution in [2.24, 2.45) is 17.8 Å². The van der Waals surface area contributed by atoms with Gasteiger partial charge in [-0.3, -0.25) is 14.4 Å². The van der Waals surface area contributed by atoms with Crippen molar-refractivity contribution in [2.75, 3.05) is 13.2 Å². The highest BCUT2D eigenvalue weighted by molar-refractivity contribution is 5.71. The molecule has 0 aliphatic rings. The second-order valence-electron chi connectivity index (χ2n) is 16.8. The van der Waals surface area contributed by atoms with E-state index in [9.17, 15) is 14.4 Å². The Bertz CT molecular complexity index is 792. The second-order valence-corrected chi connectivity index (χ2v) is 16.8. The van der Waals surface area contributed by atoms with Crippen LogP contribution >= 0.6 is 0 Å². The molecule has 51 heavy (non-hydrogen) atoms. The summed E-state index contributed by atoms with van der Waals surface area (Å²) in [7, 11) is 0. The van der Waals surface area contributed by atoms with Gasteiger partial charge in [-0.1, -0.05) is 196 Å². The van der Waals surface area contributed by atoms with Crippen LogP contribution in [0.2, 0.25) is 0 Å². The Morgan fingerprint density at radius 1 is 0.333 bits per heavy atom. The van der Waals surface area contributed by atoms with Gasteiger partial charge in [-0.15, -0.1) is 0 Å². The fourth-order valence-electron chi connectivity index (χ4n) is 6.52. The SMILES string of the molecule is CC(C)CCCCCCCCCCCC(=O)OC[C@H](COC(=O)CCCCCCCCC(C)C)OC(=O)CCCCCCCCCCCC(C)C. The predicted molar refractivity (Wildman–Crippen MR) is 215 cm³/mol. The fraction of sp³-hybridized carbons (Fsp3) is 0.933.